The molecule has 0 radical (unpaired) electrons. The number of nitrogens with one attached hydrogen (secondary N) is 1. The molecule has 0 aliphatic heterocycles. The van der Waals surface area contributed by atoms with Crippen LogP contribution in [0.3, 0.4) is 0 Å². The minimum Gasteiger partial charge on any atom is -0.508 e. The molecule has 0 heterocycles. The lowest BCUT2D eigenvalue weighted by Crippen LogP contribution is -2.16. The lowest BCUT2D eigenvalue weighted by molar-refractivity contribution is -0.115. The van der Waals surface area contributed by atoms with Crippen molar-refractivity contribution >= 4 is 17.6 Å². The maximum Gasteiger partial charge on any atom is 0.337 e. The third-order valence-corrected chi connectivity index (χ3v) is 2.72. The molecule has 0 aliphatic rings. The van der Waals surface area contributed by atoms with E-state index in [4.69, 9.17) is 5.11 Å². The lowest BCUT2D eigenvalue weighted by atomic mass is 10.1. The summed E-state index contributed by atoms with van der Waals surface area (Å²) in [6.07, 6.45) is 0.154. The van der Waals surface area contributed by atoms with Gasteiger partial charge in [0.1, 0.15) is 5.75 Å². The second-order valence-corrected chi connectivity index (χ2v) is 4.25. The van der Waals surface area contributed by atoms with E-state index >= 15 is 0 Å². The van der Waals surface area contributed by atoms with Gasteiger partial charge in [-0.1, -0.05) is 30.3 Å². The zero-order valence-corrected chi connectivity index (χ0v) is 10.5. The first kappa shape index (κ1) is 13.6. The zero-order valence-electron chi connectivity index (χ0n) is 10.5. The van der Waals surface area contributed by atoms with E-state index in [1.54, 1.807) is 0 Å². The average Bonchev–Trinajstić information content (AvgIpc) is 2.41. The van der Waals surface area contributed by atoms with Crippen LogP contribution in [0.15, 0.2) is 48.5 Å². The number of amides is 1. The molecule has 3 N–H and O–H groups in total. The molecular weight excluding hydrogens is 258 g/mol. The van der Waals surface area contributed by atoms with E-state index in [9.17, 15) is 14.7 Å². The molecular formula is C15H13NO4. The van der Waals surface area contributed by atoms with Gasteiger partial charge in [-0.25, -0.2) is 4.79 Å². The van der Waals surface area contributed by atoms with E-state index in [-0.39, 0.29) is 29.3 Å². The molecule has 5 heteroatoms. The highest BCUT2D eigenvalue weighted by atomic mass is 16.4. The first-order chi connectivity index (χ1) is 9.56. The molecule has 102 valence electrons. The van der Waals surface area contributed by atoms with Gasteiger partial charge in [0, 0.05) is 0 Å². The number of rotatable bonds is 4. The molecule has 0 unspecified atom stereocenters. The third-order valence-electron chi connectivity index (χ3n) is 2.72. The van der Waals surface area contributed by atoms with Crippen molar-refractivity contribution in [1.29, 1.82) is 0 Å². The highest BCUT2D eigenvalue weighted by Crippen LogP contribution is 2.21. The molecule has 0 spiro atoms. The molecule has 2 aromatic rings. The van der Waals surface area contributed by atoms with E-state index in [2.05, 4.69) is 5.32 Å². The van der Waals surface area contributed by atoms with Crippen molar-refractivity contribution in [3.05, 3.63) is 59.7 Å². The summed E-state index contributed by atoms with van der Waals surface area (Å²) in [6.45, 7) is 0. The van der Waals surface area contributed by atoms with Gasteiger partial charge in [-0.3, -0.25) is 4.79 Å². The van der Waals surface area contributed by atoms with Crippen molar-refractivity contribution in [3.63, 3.8) is 0 Å². The summed E-state index contributed by atoms with van der Waals surface area (Å²) in [4.78, 5) is 22.9. The summed E-state index contributed by atoms with van der Waals surface area (Å²) in [5, 5.41) is 20.8. The van der Waals surface area contributed by atoms with Crippen molar-refractivity contribution in [2.45, 2.75) is 6.42 Å². The van der Waals surface area contributed by atoms with Gasteiger partial charge in [0.2, 0.25) is 5.91 Å². The van der Waals surface area contributed by atoms with E-state index in [0.29, 0.717) is 0 Å². The van der Waals surface area contributed by atoms with Crippen LogP contribution in [0.4, 0.5) is 5.69 Å². The Kier molecular flexibility index (Phi) is 4.00. The van der Waals surface area contributed by atoms with E-state index in [1.807, 2.05) is 30.3 Å². The summed E-state index contributed by atoms with van der Waals surface area (Å²) in [7, 11) is 0. The standard InChI is InChI=1S/C15H13NO4/c17-11-6-7-13(12(9-11)15(19)20)16-14(18)8-10-4-2-1-3-5-10/h1-7,9,17H,8H2,(H,16,18)(H,19,20). The first-order valence-electron chi connectivity index (χ1n) is 5.96. The molecule has 0 saturated carbocycles. The van der Waals surface area contributed by atoms with Crippen molar-refractivity contribution in [2.24, 2.45) is 0 Å². The van der Waals surface area contributed by atoms with E-state index in [0.717, 1.165) is 11.6 Å². The largest absolute Gasteiger partial charge is 0.508 e. The minimum atomic E-state index is -1.21. The average molecular weight is 271 g/mol. The Morgan fingerprint density at radius 1 is 1.05 bits per heavy atom. The molecule has 1 amide bonds. The number of phenolic OH excluding ortho intramolecular Hbond substituents is 1. The van der Waals surface area contributed by atoms with Crippen molar-refractivity contribution < 1.29 is 19.8 Å². The van der Waals surface area contributed by atoms with Crippen LogP contribution >= 0.6 is 0 Å². The fourth-order valence-electron chi connectivity index (χ4n) is 1.79. The van der Waals surface area contributed by atoms with Gasteiger partial charge in [0.05, 0.1) is 17.7 Å². The van der Waals surface area contributed by atoms with Crippen LogP contribution in [0, 0.1) is 0 Å². The lowest BCUT2D eigenvalue weighted by Gasteiger charge is -2.09. The number of carbonyl (C=O) groups excluding carboxylic acids is 1. The molecule has 5 nitrogen and oxygen atoms in total. The zero-order chi connectivity index (χ0) is 14.5. The number of hydrogen-bond acceptors (Lipinski definition) is 3. The molecule has 2 aromatic carbocycles. The smallest absolute Gasteiger partial charge is 0.337 e. The van der Waals surface area contributed by atoms with Crippen LogP contribution in [0.5, 0.6) is 5.75 Å². The number of aromatic carboxylic acids is 1. The van der Waals surface area contributed by atoms with Crippen molar-refractivity contribution in [3.8, 4) is 5.75 Å². The summed E-state index contributed by atoms with van der Waals surface area (Å²) in [5.41, 5.74) is 0.850. The predicted molar refractivity (Wildman–Crippen MR) is 73.8 cm³/mol. The topological polar surface area (TPSA) is 86.6 Å². The summed E-state index contributed by atoms with van der Waals surface area (Å²) >= 11 is 0. The van der Waals surface area contributed by atoms with E-state index in [1.165, 1.54) is 12.1 Å². The Balaban J connectivity index is 2.14. The van der Waals surface area contributed by atoms with Gasteiger partial charge in [-0.15, -0.1) is 0 Å². The minimum absolute atomic E-state index is 0.147. The number of phenols is 1. The highest BCUT2D eigenvalue weighted by Gasteiger charge is 2.13. The molecule has 0 aromatic heterocycles. The van der Waals surface area contributed by atoms with E-state index < -0.39 is 5.97 Å². The Labute approximate surface area is 115 Å². The second kappa shape index (κ2) is 5.88. The number of carboxylic acids is 1. The molecule has 0 atom stereocenters. The van der Waals surface area contributed by atoms with Gasteiger partial charge in [-0.05, 0) is 23.8 Å². The number of hydrogen-bond donors (Lipinski definition) is 3. The van der Waals surface area contributed by atoms with Crippen molar-refractivity contribution in [1.82, 2.24) is 0 Å². The first-order valence-corrected chi connectivity index (χ1v) is 5.96. The van der Waals surface area contributed by atoms with Crippen LogP contribution in [0.2, 0.25) is 0 Å². The number of carboxylic acid groups (broad SMARTS) is 1. The molecule has 2 rings (SSSR count). The van der Waals surface area contributed by atoms with Gasteiger partial charge < -0.3 is 15.5 Å². The quantitative estimate of drug-likeness (QED) is 0.744. The summed E-state index contributed by atoms with van der Waals surface area (Å²) in [5.74, 6) is -1.69. The highest BCUT2D eigenvalue weighted by molar-refractivity contribution is 6.01. The monoisotopic (exact) mass is 271 g/mol. The third kappa shape index (κ3) is 3.35. The van der Waals surface area contributed by atoms with Gasteiger partial charge >= 0.3 is 5.97 Å². The molecule has 20 heavy (non-hydrogen) atoms. The molecule has 0 aliphatic carbocycles. The van der Waals surface area contributed by atoms with Gasteiger partial charge in [-0.2, -0.15) is 0 Å². The van der Waals surface area contributed by atoms with Crippen LogP contribution in [-0.2, 0) is 11.2 Å². The maximum atomic E-state index is 11.9. The fourth-order valence-corrected chi connectivity index (χ4v) is 1.79. The van der Waals surface area contributed by atoms with Gasteiger partial charge in [0.15, 0.2) is 0 Å². The van der Waals surface area contributed by atoms with Crippen LogP contribution in [0.25, 0.3) is 0 Å². The van der Waals surface area contributed by atoms with Crippen molar-refractivity contribution in [2.75, 3.05) is 5.32 Å². The number of benzene rings is 2. The maximum absolute atomic E-state index is 11.9. The summed E-state index contributed by atoms with van der Waals surface area (Å²) < 4.78 is 0. The Morgan fingerprint density at radius 3 is 2.40 bits per heavy atom. The number of anilines is 1. The summed E-state index contributed by atoms with van der Waals surface area (Å²) in [6, 6.07) is 12.9. The normalized spacial score (nSPS) is 10.0. The molecule has 0 fully saturated rings. The Hall–Kier alpha value is -2.82. The van der Waals surface area contributed by atoms with Gasteiger partial charge in [0.25, 0.3) is 0 Å². The Bertz CT molecular complexity index is 638. The second-order valence-electron chi connectivity index (χ2n) is 4.25. The number of aromatic hydroxyl groups is 1. The SMILES string of the molecule is O=C(Cc1ccccc1)Nc1ccc(O)cc1C(=O)O. The van der Waals surface area contributed by atoms with Crippen LogP contribution in [-0.4, -0.2) is 22.1 Å². The number of carbonyl (C=O) groups is 2. The molecule has 0 saturated heterocycles. The molecule has 0 bridgehead atoms. The predicted octanol–water partition coefficient (Wildman–Crippen LogP) is 2.27. The van der Waals surface area contributed by atoms with Crippen LogP contribution in [0.1, 0.15) is 15.9 Å². The fraction of sp³-hybridized carbons (Fsp3) is 0.0667. The Morgan fingerprint density at radius 2 is 1.75 bits per heavy atom. The van der Waals surface area contributed by atoms with Crippen LogP contribution < -0.4 is 5.32 Å².